The predicted octanol–water partition coefficient (Wildman–Crippen LogP) is 1.05. The van der Waals surface area contributed by atoms with Crippen molar-refractivity contribution >= 4 is 5.97 Å². The third-order valence-electron chi connectivity index (χ3n) is 15.8. The Morgan fingerprint density at radius 3 is 2.33 bits per heavy atom. The Kier molecular flexibility index (Phi) is 6.80. The van der Waals surface area contributed by atoms with Gasteiger partial charge in [-0.1, -0.05) is 41.2 Å². The number of hydrogen-bond acceptors (Lipinski definition) is 11. The van der Waals surface area contributed by atoms with Crippen LogP contribution in [0.25, 0.3) is 0 Å². The molecule has 1 spiro atoms. The molecule has 8 fully saturated rings. The number of aliphatic hydroxyl groups is 6. The lowest BCUT2D eigenvalue weighted by Gasteiger charge is -2.71. The fourth-order valence-corrected chi connectivity index (χ4v) is 13.3. The van der Waals surface area contributed by atoms with Crippen LogP contribution in [0.2, 0.25) is 0 Å². The minimum absolute atomic E-state index is 0.0296. The van der Waals surface area contributed by atoms with E-state index in [1.807, 2.05) is 0 Å². The maximum Gasteiger partial charge on any atom is 0.313 e. The molecule has 5 saturated carbocycles. The standard InChI is InChI=1S/C35H52O11/c1-14-15(2)26-34(12-19(14)43-29-24(41)23(40)22(39)20(13-36)44-29)10-9-33(6)32(5)8-7-17-16(3)21(38)18(37)11-31(17,4)27(32)25-28(45-25)35(26,33)46-30(34)42/h14-15,17-29,36-41H,3,7-13H2,1-2,4-6H3. The molecule has 3 heterocycles. The van der Waals surface area contributed by atoms with Crippen LogP contribution in [0.4, 0.5) is 0 Å². The second-order valence-electron chi connectivity index (χ2n) is 17.2. The molecule has 258 valence electrons. The summed E-state index contributed by atoms with van der Waals surface area (Å²) in [6.45, 7) is 14.9. The molecule has 0 aromatic rings. The molecule has 6 N–H and O–H groups in total. The van der Waals surface area contributed by atoms with Gasteiger partial charge in [0.1, 0.15) is 36.6 Å². The molecule has 3 saturated heterocycles. The smallest absolute Gasteiger partial charge is 0.313 e. The monoisotopic (exact) mass is 648 g/mol. The van der Waals surface area contributed by atoms with Gasteiger partial charge in [-0.15, -0.1) is 0 Å². The van der Waals surface area contributed by atoms with Gasteiger partial charge in [0.15, 0.2) is 11.9 Å². The first-order chi connectivity index (χ1) is 21.5. The molecule has 20 atom stereocenters. The molecule has 5 aliphatic carbocycles. The van der Waals surface area contributed by atoms with E-state index in [0.717, 1.165) is 24.8 Å². The summed E-state index contributed by atoms with van der Waals surface area (Å²) in [5, 5.41) is 62.9. The summed E-state index contributed by atoms with van der Waals surface area (Å²) >= 11 is 0. The van der Waals surface area contributed by atoms with Gasteiger partial charge < -0.3 is 49.6 Å². The Balaban J connectivity index is 1.15. The van der Waals surface area contributed by atoms with Gasteiger partial charge in [0, 0.05) is 11.3 Å². The number of fused-ring (bicyclic) bond motifs is 6. The molecule has 11 nitrogen and oxygen atoms in total. The Bertz CT molecular complexity index is 1320. The highest BCUT2D eigenvalue weighted by Gasteiger charge is 2.89. The molecule has 0 aromatic carbocycles. The highest BCUT2D eigenvalue weighted by molar-refractivity contribution is 5.82. The van der Waals surface area contributed by atoms with E-state index in [2.05, 4.69) is 41.2 Å². The van der Waals surface area contributed by atoms with Crippen molar-refractivity contribution in [2.75, 3.05) is 6.61 Å². The van der Waals surface area contributed by atoms with E-state index in [1.54, 1.807) is 0 Å². The number of hydrogen-bond donors (Lipinski definition) is 6. The van der Waals surface area contributed by atoms with E-state index in [1.165, 1.54) is 0 Å². The van der Waals surface area contributed by atoms with Gasteiger partial charge in [-0.25, -0.2) is 0 Å². The highest BCUT2D eigenvalue weighted by atomic mass is 16.7. The van der Waals surface area contributed by atoms with E-state index >= 15 is 0 Å². The minimum Gasteiger partial charge on any atom is -0.455 e. The molecule has 2 bridgehead atoms. The number of aliphatic hydroxyl groups excluding tert-OH is 6. The van der Waals surface area contributed by atoms with Crippen molar-refractivity contribution in [2.45, 2.75) is 140 Å². The topological polar surface area (TPSA) is 179 Å². The van der Waals surface area contributed by atoms with E-state index in [-0.39, 0.29) is 58.6 Å². The summed E-state index contributed by atoms with van der Waals surface area (Å²) in [4.78, 5) is 14.4. The number of epoxide rings is 1. The zero-order chi connectivity index (χ0) is 33.1. The van der Waals surface area contributed by atoms with Crippen molar-refractivity contribution < 1.29 is 54.4 Å². The van der Waals surface area contributed by atoms with Crippen molar-refractivity contribution in [2.24, 2.45) is 51.2 Å². The van der Waals surface area contributed by atoms with Crippen molar-refractivity contribution in [3.8, 4) is 0 Å². The van der Waals surface area contributed by atoms with E-state index < -0.39 is 72.1 Å². The van der Waals surface area contributed by atoms with Crippen LogP contribution in [0.1, 0.15) is 73.1 Å². The van der Waals surface area contributed by atoms with Gasteiger partial charge in [-0.3, -0.25) is 4.79 Å². The first kappa shape index (κ1) is 32.1. The second kappa shape index (κ2) is 9.75. The Morgan fingerprint density at radius 1 is 0.913 bits per heavy atom. The van der Waals surface area contributed by atoms with Crippen LogP contribution in [0.15, 0.2) is 12.2 Å². The molecule has 0 radical (unpaired) electrons. The lowest BCUT2D eigenvalue weighted by atomic mass is 9.31. The summed E-state index contributed by atoms with van der Waals surface area (Å²) in [5.41, 5.74) is -1.90. The first-order valence-corrected chi connectivity index (χ1v) is 17.4. The average molecular weight is 649 g/mol. The van der Waals surface area contributed by atoms with Crippen molar-refractivity contribution in [3.63, 3.8) is 0 Å². The normalized spacial score (nSPS) is 63.5. The van der Waals surface area contributed by atoms with Crippen molar-refractivity contribution in [3.05, 3.63) is 12.2 Å². The summed E-state index contributed by atoms with van der Waals surface area (Å²) in [6, 6.07) is 0. The number of esters is 1. The second-order valence-corrected chi connectivity index (χ2v) is 17.2. The maximum absolute atomic E-state index is 14.4. The summed E-state index contributed by atoms with van der Waals surface area (Å²) in [7, 11) is 0. The summed E-state index contributed by atoms with van der Waals surface area (Å²) in [6.07, 6.45) is -5.63. The van der Waals surface area contributed by atoms with Crippen molar-refractivity contribution in [1.29, 1.82) is 0 Å². The number of ether oxygens (including phenoxy) is 4. The van der Waals surface area contributed by atoms with Crippen LogP contribution in [-0.2, 0) is 23.7 Å². The van der Waals surface area contributed by atoms with Gasteiger partial charge in [-0.05, 0) is 78.6 Å². The molecule has 0 amide bonds. The van der Waals surface area contributed by atoms with Crippen molar-refractivity contribution in [1.82, 2.24) is 0 Å². The minimum atomic E-state index is -1.55. The lowest BCUT2D eigenvalue weighted by molar-refractivity contribution is -0.325. The SMILES string of the molecule is C=C1C(O)C(O)CC2(C)C1CCC1(C)C2C2OC2C23OC(=O)C4(CCC12C)CC(OC1OC(CO)C(O)C(O)C1O)C(C)C(C)C43. The third kappa shape index (κ3) is 3.48. The predicted molar refractivity (Wildman–Crippen MR) is 161 cm³/mol. The van der Waals surface area contributed by atoms with Gasteiger partial charge in [0.05, 0.1) is 30.3 Å². The largest absolute Gasteiger partial charge is 0.455 e. The zero-order valence-electron chi connectivity index (χ0n) is 27.5. The number of carbonyl (C=O) groups excluding carboxylic acids is 1. The molecular weight excluding hydrogens is 596 g/mol. The molecule has 8 rings (SSSR count). The van der Waals surface area contributed by atoms with Crippen LogP contribution in [0.3, 0.4) is 0 Å². The van der Waals surface area contributed by atoms with E-state index in [0.29, 0.717) is 19.3 Å². The summed E-state index contributed by atoms with van der Waals surface area (Å²) in [5.74, 6) is -0.268. The van der Waals surface area contributed by atoms with Crippen LogP contribution in [0.5, 0.6) is 0 Å². The molecule has 20 unspecified atom stereocenters. The Hall–Kier alpha value is -1.15. The van der Waals surface area contributed by atoms with Gasteiger partial charge in [-0.2, -0.15) is 0 Å². The fourth-order valence-electron chi connectivity index (χ4n) is 13.3. The maximum atomic E-state index is 14.4. The molecule has 3 aliphatic heterocycles. The third-order valence-corrected chi connectivity index (χ3v) is 15.8. The summed E-state index contributed by atoms with van der Waals surface area (Å²) < 4.78 is 25.7. The number of rotatable bonds is 3. The Labute approximate surface area is 270 Å². The molecular formula is C35H52O11. The molecule has 11 heteroatoms. The zero-order valence-corrected chi connectivity index (χ0v) is 27.5. The number of carbonyl (C=O) groups is 1. The first-order valence-electron chi connectivity index (χ1n) is 17.4. The van der Waals surface area contributed by atoms with Crippen LogP contribution in [0, 0.1) is 51.2 Å². The van der Waals surface area contributed by atoms with Gasteiger partial charge in [0.2, 0.25) is 0 Å². The molecule has 8 aliphatic rings. The van der Waals surface area contributed by atoms with Gasteiger partial charge in [0.25, 0.3) is 0 Å². The molecule has 46 heavy (non-hydrogen) atoms. The van der Waals surface area contributed by atoms with Gasteiger partial charge >= 0.3 is 5.97 Å². The van der Waals surface area contributed by atoms with Crippen LogP contribution < -0.4 is 0 Å². The fraction of sp³-hybridized carbons (Fsp3) is 0.914. The van der Waals surface area contributed by atoms with Crippen LogP contribution >= 0.6 is 0 Å². The van der Waals surface area contributed by atoms with E-state index in [9.17, 15) is 35.4 Å². The van der Waals surface area contributed by atoms with Crippen LogP contribution in [-0.4, -0.2) is 110 Å². The van der Waals surface area contributed by atoms with E-state index in [4.69, 9.17) is 18.9 Å². The Morgan fingerprint density at radius 2 is 1.63 bits per heavy atom. The quantitative estimate of drug-likeness (QED) is 0.112. The average Bonchev–Trinajstić information content (AvgIpc) is 3.76. The molecule has 0 aromatic heterocycles. The highest BCUT2D eigenvalue weighted by Crippen LogP contribution is 2.83. The lowest BCUT2D eigenvalue weighted by Crippen LogP contribution is -2.75.